The number of benzene rings is 2. The van der Waals surface area contributed by atoms with Crippen LogP contribution in [0.3, 0.4) is 0 Å². The summed E-state index contributed by atoms with van der Waals surface area (Å²) in [5, 5.41) is 14.8. The number of anilines is 1. The maximum atomic E-state index is 13.1. The van der Waals surface area contributed by atoms with Crippen molar-refractivity contribution in [3.63, 3.8) is 0 Å². The maximum absolute atomic E-state index is 13.1. The summed E-state index contributed by atoms with van der Waals surface area (Å²) in [6, 6.07) is 10.4. The molecule has 2 aromatic carbocycles. The fourth-order valence-electron chi connectivity index (χ4n) is 4.42. The number of hydrogen-bond acceptors (Lipinski definition) is 6. The van der Waals surface area contributed by atoms with E-state index in [9.17, 15) is 14.9 Å². The third-order valence-electron chi connectivity index (χ3n) is 6.19. The van der Waals surface area contributed by atoms with Crippen molar-refractivity contribution in [2.75, 3.05) is 31.2 Å². The minimum atomic E-state index is -0.399. The van der Waals surface area contributed by atoms with Crippen LogP contribution in [0.2, 0.25) is 0 Å². The SMILES string of the molecule is O=C(NC(c1ccc2c(c1)OCCO2)C1CC1)c1ccc(N2CCCC2)c([N+](=O)[O-])c1. The third-order valence-corrected chi connectivity index (χ3v) is 6.19. The summed E-state index contributed by atoms with van der Waals surface area (Å²) < 4.78 is 11.3. The van der Waals surface area contributed by atoms with E-state index in [-0.39, 0.29) is 17.6 Å². The molecule has 2 heterocycles. The van der Waals surface area contributed by atoms with Gasteiger partial charge in [-0.2, -0.15) is 0 Å². The molecule has 0 bridgehead atoms. The fraction of sp³-hybridized carbons (Fsp3) is 0.435. The van der Waals surface area contributed by atoms with E-state index in [2.05, 4.69) is 5.32 Å². The molecule has 2 fully saturated rings. The Hall–Kier alpha value is -3.29. The van der Waals surface area contributed by atoms with E-state index >= 15 is 0 Å². The normalized spacial score (nSPS) is 18.5. The van der Waals surface area contributed by atoms with Crippen molar-refractivity contribution in [1.29, 1.82) is 0 Å². The molecule has 0 aromatic heterocycles. The van der Waals surface area contributed by atoms with Gasteiger partial charge in [0.05, 0.1) is 11.0 Å². The number of nitro groups is 1. The fourth-order valence-corrected chi connectivity index (χ4v) is 4.42. The second-order valence-corrected chi connectivity index (χ2v) is 8.35. The topological polar surface area (TPSA) is 93.9 Å². The second-order valence-electron chi connectivity index (χ2n) is 8.35. The predicted octanol–water partition coefficient (Wildman–Crippen LogP) is 3.85. The first kappa shape index (κ1) is 19.7. The summed E-state index contributed by atoms with van der Waals surface area (Å²) in [7, 11) is 0. The first-order valence-electron chi connectivity index (χ1n) is 10.8. The van der Waals surface area contributed by atoms with Gasteiger partial charge in [0.15, 0.2) is 11.5 Å². The van der Waals surface area contributed by atoms with Crippen LogP contribution in [-0.2, 0) is 0 Å². The lowest BCUT2D eigenvalue weighted by atomic mass is 10.0. The van der Waals surface area contributed by atoms with Gasteiger partial charge in [-0.05, 0) is 61.4 Å². The van der Waals surface area contributed by atoms with Crippen molar-refractivity contribution in [2.24, 2.45) is 5.92 Å². The highest BCUT2D eigenvalue weighted by Gasteiger charge is 2.35. The van der Waals surface area contributed by atoms with Crippen molar-refractivity contribution in [3.8, 4) is 11.5 Å². The van der Waals surface area contributed by atoms with Gasteiger partial charge in [-0.25, -0.2) is 0 Å². The lowest BCUT2D eigenvalue weighted by Gasteiger charge is -2.23. The average molecular weight is 423 g/mol. The Bertz CT molecular complexity index is 1010. The summed E-state index contributed by atoms with van der Waals surface area (Å²) in [5.74, 6) is 1.45. The largest absolute Gasteiger partial charge is 0.486 e. The van der Waals surface area contributed by atoms with Gasteiger partial charge >= 0.3 is 0 Å². The van der Waals surface area contributed by atoms with Crippen LogP contribution in [0, 0.1) is 16.0 Å². The van der Waals surface area contributed by atoms with Crippen LogP contribution >= 0.6 is 0 Å². The van der Waals surface area contributed by atoms with Crippen LogP contribution in [0.4, 0.5) is 11.4 Å². The standard InChI is InChI=1S/C23H25N3O5/c27-23(17-5-7-18(19(13-17)26(28)29)25-9-1-2-10-25)24-22(15-3-4-15)16-6-8-20-21(14-16)31-12-11-30-20/h5-8,13-15,22H,1-4,9-12H2,(H,24,27). The van der Waals surface area contributed by atoms with Gasteiger partial charge in [-0.15, -0.1) is 0 Å². The van der Waals surface area contributed by atoms with Crippen molar-refractivity contribution in [3.05, 3.63) is 57.6 Å². The molecule has 1 N–H and O–H groups in total. The number of hydrogen-bond donors (Lipinski definition) is 1. The molecule has 1 saturated heterocycles. The number of nitrogens with one attached hydrogen (secondary N) is 1. The molecule has 1 saturated carbocycles. The molecule has 3 aliphatic rings. The Kier molecular flexibility index (Phi) is 5.13. The number of nitro benzene ring substituents is 1. The molecule has 2 aromatic rings. The predicted molar refractivity (Wildman–Crippen MR) is 115 cm³/mol. The van der Waals surface area contributed by atoms with Crippen LogP contribution in [0.5, 0.6) is 11.5 Å². The minimum absolute atomic E-state index is 0.0168. The molecule has 1 aliphatic carbocycles. The first-order chi connectivity index (χ1) is 15.1. The van der Waals surface area contributed by atoms with Crippen molar-refractivity contribution < 1.29 is 19.2 Å². The molecular weight excluding hydrogens is 398 g/mol. The van der Waals surface area contributed by atoms with E-state index in [1.807, 2.05) is 23.1 Å². The zero-order chi connectivity index (χ0) is 21.4. The van der Waals surface area contributed by atoms with Gasteiger partial charge in [-0.1, -0.05) is 6.07 Å². The molecule has 1 atom stereocenters. The summed E-state index contributed by atoms with van der Waals surface area (Å²) in [4.78, 5) is 26.3. The molecule has 2 aliphatic heterocycles. The summed E-state index contributed by atoms with van der Waals surface area (Å²) in [6.07, 6.45) is 4.12. The van der Waals surface area contributed by atoms with Gasteiger partial charge in [-0.3, -0.25) is 14.9 Å². The highest BCUT2D eigenvalue weighted by molar-refractivity contribution is 5.96. The van der Waals surface area contributed by atoms with Gasteiger partial charge in [0.25, 0.3) is 11.6 Å². The summed E-state index contributed by atoms with van der Waals surface area (Å²) in [5.41, 5.74) is 1.84. The molecule has 5 rings (SSSR count). The quantitative estimate of drug-likeness (QED) is 0.560. The summed E-state index contributed by atoms with van der Waals surface area (Å²) >= 11 is 0. The van der Waals surface area contributed by atoms with Crippen LogP contribution < -0.4 is 19.7 Å². The smallest absolute Gasteiger partial charge is 0.293 e. The Morgan fingerprint density at radius 2 is 1.81 bits per heavy atom. The Morgan fingerprint density at radius 1 is 1.06 bits per heavy atom. The molecule has 8 heteroatoms. The Morgan fingerprint density at radius 3 is 2.52 bits per heavy atom. The zero-order valence-electron chi connectivity index (χ0n) is 17.2. The lowest BCUT2D eigenvalue weighted by molar-refractivity contribution is -0.384. The summed E-state index contributed by atoms with van der Waals surface area (Å²) in [6.45, 7) is 2.64. The zero-order valence-corrected chi connectivity index (χ0v) is 17.2. The number of fused-ring (bicyclic) bond motifs is 1. The van der Waals surface area contributed by atoms with E-state index in [1.54, 1.807) is 12.1 Å². The lowest BCUT2D eigenvalue weighted by Crippen LogP contribution is -2.30. The molecule has 31 heavy (non-hydrogen) atoms. The number of nitrogens with zero attached hydrogens (tertiary/aromatic N) is 2. The Balaban J connectivity index is 1.39. The molecule has 0 radical (unpaired) electrons. The van der Waals surface area contributed by atoms with Gasteiger partial charge in [0, 0.05) is 24.7 Å². The van der Waals surface area contributed by atoms with Crippen LogP contribution in [0.25, 0.3) is 0 Å². The average Bonchev–Trinajstić information content (AvgIpc) is 3.49. The van der Waals surface area contributed by atoms with E-state index in [4.69, 9.17) is 9.47 Å². The molecular formula is C23H25N3O5. The minimum Gasteiger partial charge on any atom is -0.486 e. The third kappa shape index (κ3) is 4.02. The van der Waals surface area contributed by atoms with Gasteiger partial charge in [0.2, 0.25) is 0 Å². The van der Waals surface area contributed by atoms with Crippen LogP contribution in [0.1, 0.15) is 47.6 Å². The number of amides is 1. The number of carbonyl (C=O) groups excluding carboxylic acids is 1. The van der Waals surface area contributed by atoms with Crippen LogP contribution in [-0.4, -0.2) is 37.1 Å². The monoisotopic (exact) mass is 423 g/mol. The molecule has 162 valence electrons. The maximum Gasteiger partial charge on any atom is 0.293 e. The second kappa shape index (κ2) is 8.09. The molecule has 0 spiro atoms. The van der Waals surface area contributed by atoms with Crippen molar-refractivity contribution in [1.82, 2.24) is 5.32 Å². The van der Waals surface area contributed by atoms with Crippen LogP contribution in [0.15, 0.2) is 36.4 Å². The van der Waals surface area contributed by atoms with E-state index in [1.165, 1.54) is 6.07 Å². The van der Waals surface area contributed by atoms with E-state index < -0.39 is 4.92 Å². The van der Waals surface area contributed by atoms with Crippen molar-refractivity contribution >= 4 is 17.3 Å². The number of rotatable bonds is 6. The number of carbonyl (C=O) groups is 1. The van der Waals surface area contributed by atoms with Gasteiger partial charge in [0.1, 0.15) is 18.9 Å². The highest BCUT2D eigenvalue weighted by Crippen LogP contribution is 2.43. The first-order valence-corrected chi connectivity index (χ1v) is 10.8. The number of ether oxygens (including phenoxy) is 2. The molecule has 1 unspecified atom stereocenters. The highest BCUT2D eigenvalue weighted by atomic mass is 16.6. The Labute approximate surface area is 180 Å². The van der Waals surface area contributed by atoms with Gasteiger partial charge < -0.3 is 19.7 Å². The van der Waals surface area contributed by atoms with E-state index in [0.717, 1.165) is 44.3 Å². The molecule has 8 nitrogen and oxygen atoms in total. The molecule has 1 amide bonds. The van der Waals surface area contributed by atoms with E-state index in [0.29, 0.717) is 41.9 Å². The van der Waals surface area contributed by atoms with Crippen molar-refractivity contribution in [2.45, 2.75) is 31.7 Å².